The van der Waals surface area contributed by atoms with Crippen LogP contribution in [0.1, 0.15) is 47.7 Å². The smallest absolute Gasteiger partial charge is 0.242 e. The molecule has 2 aromatic heterocycles. The molecule has 1 aliphatic rings. The lowest BCUT2D eigenvalue weighted by Gasteiger charge is -2.25. The van der Waals surface area contributed by atoms with Gasteiger partial charge in [-0.15, -0.1) is 5.10 Å². The Balaban J connectivity index is 1.50. The van der Waals surface area contributed by atoms with Crippen LogP contribution in [-0.2, 0) is 23.1 Å². The third-order valence-electron chi connectivity index (χ3n) is 6.43. The summed E-state index contributed by atoms with van der Waals surface area (Å²) in [6.07, 6.45) is 2.35. The lowest BCUT2D eigenvalue weighted by Crippen LogP contribution is -2.38. The van der Waals surface area contributed by atoms with Crippen molar-refractivity contribution in [2.45, 2.75) is 45.6 Å². The fraction of sp³-hybridized carbons (Fsp3) is 0.440. The van der Waals surface area contributed by atoms with E-state index < -0.39 is 0 Å². The van der Waals surface area contributed by atoms with Crippen molar-refractivity contribution < 1.29 is 14.3 Å². The summed E-state index contributed by atoms with van der Waals surface area (Å²) < 4.78 is 7.16. The number of benzene rings is 1. The van der Waals surface area contributed by atoms with Gasteiger partial charge in [-0.1, -0.05) is 30.3 Å². The van der Waals surface area contributed by atoms with Gasteiger partial charge in [0, 0.05) is 38.7 Å². The molecule has 4 rings (SSSR count). The Morgan fingerprint density at radius 1 is 1.24 bits per heavy atom. The van der Waals surface area contributed by atoms with E-state index in [1.165, 1.54) is 0 Å². The average molecular weight is 450 g/mol. The van der Waals surface area contributed by atoms with E-state index in [1.807, 2.05) is 56.1 Å². The number of carbonyl (C=O) groups is 2. The number of methoxy groups -OCH3 is 1. The van der Waals surface area contributed by atoms with E-state index in [-0.39, 0.29) is 17.9 Å². The fourth-order valence-electron chi connectivity index (χ4n) is 4.65. The van der Waals surface area contributed by atoms with Crippen molar-refractivity contribution in [1.82, 2.24) is 25.0 Å². The molecule has 8 nitrogen and oxygen atoms in total. The van der Waals surface area contributed by atoms with Gasteiger partial charge in [-0.2, -0.15) is 0 Å². The predicted octanol–water partition coefficient (Wildman–Crippen LogP) is 3.01. The highest BCUT2D eigenvalue weighted by atomic mass is 16.5. The molecular weight excluding hydrogens is 418 g/mol. The normalized spacial score (nSPS) is 14.7. The highest BCUT2D eigenvalue weighted by molar-refractivity contribution is 5.86. The monoisotopic (exact) mass is 449 g/mol. The summed E-state index contributed by atoms with van der Waals surface area (Å²) in [5.74, 6) is 0.649. The zero-order chi connectivity index (χ0) is 23.5. The van der Waals surface area contributed by atoms with E-state index in [4.69, 9.17) is 9.72 Å². The molecule has 2 amide bonds. The first-order valence-electron chi connectivity index (χ1n) is 11.4. The Bertz CT molecular complexity index is 1170. The lowest BCUT2D eigenvalue weighted by atomic mass is 9.99. The van der Waals surface area contributed by atoms with Gasteiger partial charge in [-0.05, 0) is 43.4 Å². The maximum absolute atomic E-state index is 13.0. The first-order chi connectivity index (χ1) is 15.9. The van der Waals surface area contributed by atoms with Crippen LogP contribution < -0.4 is 10.1 Å². The molecule has 1 aromatic carbocycles. The third kappa shape index (κ3) is 4.69. The summed E-state index contributed by atoms with van der Waals surface area (Å²) in [6, 6.07) is 9.61. The number of aromatic nitrogens is 3. The summed E-state index contributed by atoms with van der Waals surface area (Å²) in [5.41, 5.74) is 4.74. The minimum absolute atomic E-state index is 0.0486. The van der Waals surface area contributed by atoms with E-state index in [1.54, 1.807) is 11.8 Å². The molecule has 3 heterocycles. The molecular formula is C25H31N5O3. The molecule has 1 atom stereocenters. The van der Waals surface area contributed by atoms with Gasteiger partial charge < -0.3 is 15.0 Å². The number of ether oxygens (including phenoxy) is 1. The van der Waals surface area contributed by atoms with Crippen LogP contribution in [0.15, 0.2) is 30.3 Å². The van der Waals surface area contributed by atoms with Gasteiger partial charge in [0.15, 0.2) is 5.65 Å². The van der Waals surface area contributed by atoms with Crippen LogP contribution in [0, 0.1) is 13.8 Å². The number of rotatable bonds is 8. The first-order valence-corrected chi connectivity index (χ1v) is 11.4. The van der Waals surface area contributed by atoms with Crippen molar-refractivity contribution >= 4 is 22.8 Å². The molecule has 33 heavy (non-hydrogen) atoms. The first kappa shape index (κ1) is 22.8. The molecule has 3 aromatic rings. The van der Waals surface area contributed by atoms with E-state index in [0.29, 0.717) is 31.7 Å². The number of pyridine rings is 1. The average Bonchev–Trinajstić information content (AvgIpc) is 3.36. The van der Waals surface area contributed by atoms with E-state index >= 15 is 0 Å². The van der Waals surface area contributed by atoms with Crippen LogP contribution >= 0.6 is 0 Å². The SMILES string of the molecule is COc1nn(C)c2nc(C)c(CCC(=O)NC(CN3CCCC3=O)c3ccccc3)c(C)c12. The second kappa shape index (κ2) is 9.60. The maximum Gasteiger partial charge on any atom is 0.242 e. The van der Waals surface area contributed by atoms with Crippen molar-refractivity contribution in [3.8, 4) is 5.88 Å². The largest absolute Gasteiger partial charge is 0.479 e. The molecule has 0 saturated carbocycles. The molecule has 0 spiro atoms. The number of aryl methyl sites for hydroxylation is 3. The fourth-order valence-corrected chi connectivity index (χ4v) is 4.65. The molecule has 1 aliphatic heterocycles. The van der Waals surface area contributed by atoms with E-state index in [0.717, 1.165) is 46.4 Å². The quantitative estimate of drug-likeness (QED) is 0.571. The van der Waals surface area contributed by atoms with Crippen molar-refractivity contribution in [1.29, 1.82) is 0 Å². The van der Waals surface area contributed by atoms with Gasteiger partial charge in [0.25, 0.3) is 0 Å². The van der Waals surface area contributed by atoms with Crippen LogP contribution in [0.5, 0.6) is 5.88 Å². The van der Waals surface area contributed by atoms with Crippen LogP contribution in [0.2, 0.25) is 0 Å². The summed E-state index contributed by atoms with van der Waals surface area (Å²) in [6.45, 7) is 5.23. The summed E-state index contributed by atoms with van der Waals surface area (Å²) in [4.78, 5) is 31.7. The standard InChI is InChI=1S/C25H31N5O3/c1-16-19(17(2)26-24-23(16)25(33-4)28-29(24)3)12-13-21(31)27-20(18-9-6-5-7-10-18)15-30-14-8-11-22(30)32/h5-7,9-10,20H,8,11-15H2,1-4H3,(H,27,31). The molecule has 8 heteroatoms. The molecule has 1 unspecified atom stereocenters. The summed E-state index contributed by atoms with van der Waals surface area (Å²) in [5, 5.41) is 8.44. The zero-order valence-electron chi connectivity index (χ0n) is 19.7. The maximum atomic E-state index is 13.0. The molecule has 1 fully saturated rings. The van der Waals surface area contributed by atoms with Crippen molar-refractivity contribution in [2.24, 2.45) is 7.05 Å². The number of likely N-dealkylation sites (tertiary alicyclic amines) is 1. The Morgan fingerprint density at radius 2 is 2.00 bits per heavy atom. The number of carbonyl (C=O) groups excluding carboxylic acids is 2. The molecule has 0 aliphatic carbocycles. The Morgan fingerprint density at radius 3 is 2.67 bits per heavy atom. The van der Waals surface area contributed by atoms with Gasteiger partial charge in [-0.25, -0.2) is 9.67 Å². The third-order valence-corrected chi connectivity index (χ3v) is 6.43. The molecule has 1 N–H and O–H groups in total. The van der Waals surface area contributed by atoms with E-state index in [9.17, 15) is 9.59 Å². The Labute approximate surface area is 193 Å². The minimum Gasteiger partial charge on any atom is -0.479 e. The molecule has 0 radical (unpaired) electrons. The Hall–Kier alpha value is -3.42. The summed E-state index contributed by atoms with van der Waals surface area (Å²) in [7, 11) is 3.45. The van der Waals surface area contributed by atoms with Crippen LogP contribution in [0.25, 0.3) is 11.0 Å². The van der Waals surface area contributed by atoms with Gasteiger partial charge in [0.2, 0.25) is 17.7 Å². The minimum atomic E-state index is -0.234. The van der Waals surface area contributed by atoms with Gasteiger partial charge in [0.1, 0.15) is 0 Å². The van der Waals surface area contributed by atoms with Crippen molar-refractivity contribution in [2.75, 3.05) is 20.2 Å². The number of nitrogens with one attached hydrogen (secondary N) is 1. The number of amides is 2. The molecule has 0 bridgehead atoms. The second-order valence-electron chi connectivity index (χ2n) is 8.61. The highest BCUT2D eigenvalue weighted by Crippen LogP contribution is 2.30. The van der Waals surface area contributed by atoms with Crippen LogP contribution in [-0.4, -0.2) is 51.7 Å². The topological polar surface area (TPSA) is 89.3 Å². The van der Waals surface area contributed by atoms with Crippen molar-refractivity contribution in [3.05, 3.63) is 52.7 Å². The van der Waals surface area contributed by atoms with Crippen molar-refractivity contribution in [3.63, 3.8) is 0 Å². The van der Waals surface area contributed by atoms with E-state index in [2.05, 4.69) is 10.4 Å². The number of nitrogens with zero attached hydrogens (tertiary/aromatic N) is 4. The second-order valence-corrected chi connectivity index (χ2v) is 8.61. The highest BCUT2D eigenvalue weighted by Gasteiger charge is 2.25. The number of fused-ring (bicyclic) bond motifs is 1. The van der Waals surface area contributed by atoms with Gasteiger partial charge in [0.05, 0.1) is 18.5 Å². The number of hydrogen-bond acceptors (Lipinski definition) is 5. The zero-order valence-corrected chi connectivity index (χ0v) is 19.7. The molecule has 1 saturated heterocycles. The van der Waals surface area contributed by atoms with Gasteiger partial charge in [-0.3, -0.25) is 9.59 Å². The number of hydrogen-bond donors (Lipinski definition) is 1. The Kier molecular flexibility index (Phi) is 6.62. The summed E-state index contributed by atoms with van der Waals surface area (Å²) >= 11 is 0. The van der Waals surface area contributed by atoms with Gasteiger partial charge >= 0.3 is 0 Å². The van der Waals surface area contributed by atoms with Crippen LogP contribution in [0.4, 0.5) is 0 Å². The van der Waals surface area contributed by atoms with Crippen LogP contribution in [0.3, 0.4) is 0 Å². The lowest BCUT2D eigenvalue weighted by molar-refractivity contribution is -0.129. The molecule has 174 valence electrons. The predicted molar refractivity (Wildman–Crippen MR) is 126 cm³/mol.